The fraction of sp³-hybridized carbons (Fsp3) is 0.588. The van der Waals surface area contributed by atoms with E-state index in [0.717, 1.165) is 19.5 Å². The van der Waals surface area contributed by atoms with E-state index in [1.807, 2.05) is 4.90 Å². The number of anilines is 1. The predicted octanol–water partition coefficient (Wildman–Crippen LogP) is -2.21. The molecule has 7 N–H and O–H groups in total. The molecule has 188 valence electrons. The van der Waals surface area contributed by atoms with Gasteiger partial charge >= 0.3 is 0 Å². The van der Waals surface area contributed by atoms with Crippen molar-refractivity contribution in [3.05, 3.63) is 12.1 Å². The summed E-state index contributed by atoms with van der Waals surface area (Å²) in [6, 6.07) is 3.24. The van der Waals surface area contributed by atoms with Crippen LogP contribution in [-0.2, 0) is 31.2 Å². The molecule has 34 heavy (non-hydrogen) atoms. The maximum absolute atomic E-state index is 13.2. The van der Waals surface area contributed by atoms with E-state index >= 15 is 0 Å². The number of nitrogens with two attached hydrogens (primary N) is 2. The second kappa shape index (κ2) is 10.0. The molecule has 2 aliphatic heterocycles. The van der Waals surface area contributed by atoms with E-state index in [2.05, 4.69) is 31.3 Å². The zero-order chi connectivity index (χ0) is 24.5. The lowest BCUT2D eigenvalue weighted by Crippen LogP contribution is -2.42. The molecule has 2 fully saturated rings. The minimum Gasteiger partial charge on any atom is -0.610 e. The largest absolute Gasteiger partial charge is 0.610 e. The van der Waals surface area contributed by atoms with Crippen molar-refractivity contribution in [3.8, 4) is 11.4 Å². The van der Waals surface area contributed by atoms with Crippen LogP contribution >= 0.6 is 0 Å². The van der Waals surface area contributed by atoms with Gasteiger partial charge in [-0.15, -0.1) is 5.10 Å². The minimum atomic E-state index is -4.36. The van der Waals surface area contributed by atoms with E-state index < -0.39 is 36.5 Å². The van der Waals surface area contributed by atoms with Crippen LogP contribution in [0.2, 0.25) is 0 Å². The maximum atomic E-state index is 13.2. The molecule has 4 rings (SSSR count). The Kier molecular flexibility index (Phi) is 7.44. The van der Waals surface area contributed by atoms with Gasteiger partial charge in [0.05, 0.1) is 10.8 Å². The Morgan fingerprint density at radius 1 is 1.18 bits per heavy atom. The molecule has 0 amide bonds. The topological polar surface area (TPSA) is 225 Å². The first-order valence-electron chi connectivity index (χ1n) is 10.6. The van der Waals surface area contributed by atoms with Gasteiger partial charge in [-0.25, -0.2) is 32.2 Å². The van der Waals surface area contributed by atoms with Crippen molar-refractivity contribution in [1.82, 2.24) is 31.3 Å². The number of H-pyrrole nitrogens is 1. The lowest BCUT2D eigenvalue weighted by Gasteiger charge is -2.34. The summed E-state index contributed by atoms with van der Waals surface area (Å²) in [7, 11) is -8.04. The molecule has 0 spiro atoms. The standard InChI is InChI=1S/C17H27N9O5S3/c18-33(28,29)12-4-7-26(8-5-12)13-1-2-14(32(27)10-21-11-3-6-20-9-11)16(34(19,30)31)15(13)17-22-24-25-23-17/h1-2,11-12,20-21H,3-10H2,(H2,18,28,29)(H2,19,30,31)(H,22,23,24,25)/t11-,32?/m1/s1. The van der Waals surface area contributed by atoms with E-state index in [-0.39, 0.29) is 45.9 Å². The van der Waals surface area contributed by atoms with Crippen molar-refractivity contribution >= 4 is 36.9 Å². The number of rotatable bonds is 8. The Balaban J connectivity index is 1.73. The number of hydrogen-bond donors (Lipinski definition) is 5. The lowest BCUT2D eigenvalue weighted by atomic mass is 10.1. The number of sulfonamides is 2. The number of primary sulfonamides is 2. The molecule has 2 aliphatic rings. The Morgan fingerprint density at radius 2 is 1.91 bits per heavy atom. The predicted molar refractivity (Wildman–Crippen MR) is 125 cm³/mol. The van der Waals surface area contributed by atoms with Gasteiger partial charge < -0.3 is 14.8 Å². The Morgan fingerprint density at radius 3 is 2.47 bits per heavy atom. The summed E-state index contributed by atoms with van der Waals surface area (Å²) in [4.78, 5) is 1.53. The molecule has 2 aromatic rings. The zero-order valence-corrected chi connectivity index (χ0v) is 20.6. The van der Waals surface area contributed by atoms with E-state index in [4.69, 9.17) is 10.3 Å². The van der Waals surface area contributed by atoms with Gasteiger partial charge in [-0.1, -0.05) is 0 Å². The molecule has 0 aliphatic carbocycles. The number of aromatic nitrogens is 4. The lowest BCUT2D eigenvalue weighted by molar-refractivity contribution is 0.530. The molecule has 1 unspecified atom stereocenters. The van der Waals surface area contributed by atoms with Crippen molar-refractivity contribution < 1.29 is 21.4 Å². The monoisotopic (exact) mass is 533 g/mol. The van der Waals surface area contributed by atoms with E-state index in [1.165, 1.54) is 6.07 Å². The normalized spacial score (nSPS) is 21.1. The summed E-state index contributed by atoms with van der Waals surface area (Å²) in [6.07, 6.45) is 1.41. The molecule has 0 radical (unpaired) electrons. The van der Waals surface area contributed by atoms with E-state index in [1.54, 1.807) is 6.07 Å². The second-order valence-electron chi connectivity index (χ2n) is 8.24. The number of piperidine rings is 1. The first kappa shape index (κ1) is 25.2. The van der Waals surface area contributed by atoms with Crippen LogP contribution in [0.25, 0.3) is 11.4 Å². The summed E-state index contributed by atoms with van der Waals surface area (Å²) >= 11 is -1.73. The average Bonchev–Trinajstić information content (AvgIpc) is 3.49. The van der Waals surface area contributed by atoms with Gasteiger partial charge in [0.1, 0.15) is 4.90 Å². The molecule has 3 heterocycles. The first-order chi connectivity index (χ1) is 16.1. The number of nitrogens with one attached hydrogen (secondary N) is 3. The maximum Gasteiger partial charge on any atom is 0.243 e. The number of benzene rings is 1. The molecule has 14 nitrogen and oxygen atoms in total. The van der Waals surface area contributed by atoms with E-state index in [9.17, 15) is 21.4 Å². The van der Waals surface area contributed by atoms with Crippen LogP contribution in [-0.4, -0.2) is 85.4 Å². The second-order valence-corrected chi connectivity index (χ2v) is 13.0. The average molecular weight is 534 g/mol. The van der Waals surface area contributed by atoms with Crippen LogP contribution in [0.15, 0.2) is 21.9 Å². The highest BCUT2D eigenvalue weighted by molar-refractivity contribution is 7.93. The van der Waals surface area contributed by atoms with Crippen LogP contribution in [0.1, 0.15) is 19.3 Å². The number of nitrogens with zero attached hydrogens (tertiary/aromatic N) is 4. The fourth-order valence-corrected chi connectivity index (χ4v) is 7.70. The van der Waals surface area contributed by atoms with Gasteiger partial charge in [-0.05, 0) is 48.4 Å². The molecular weight excluding hydrogens is 506 g/mol. The third-order valence-electron chi connectivity index (χ3n) is 6.02. The molecule has 1 aromatic carbocycles. The molecule has 17 heteroatoms. The molecule has 2 saturated heterocycles. The van der Waals surface area contributed by atoms with Gasteiger partial charge in [0.25, 0.3) is 0 Å². The Hall–Kier alpha value is -1.86. The molecule has 0 saturated carbocycles. The molecule has 0 bridgehead atoms. The van der Waals surface area contributed by atoms with Crippen LogP contribution in [0.5, 0.6) is 0 Å². The summed E-state index contributed by atoms with van der Waals surface area (Å²) in [6.45, 7) is 2.20. The van der Waals surface area contributed by atoms with Crippen molar-refractivity contribution in [3.63, 3.8) is 0 Å². The first-order valence-corrected chi connectivity index (χ1v) is 15.1. The molecule has 1 aromatic heterocycles. The SMILES string of the molecule is NS(=O)(=O)c1c([S+]([O-])CN[C@@H]2CCNC2)ccc(N2CCC(S(N)(=O)=O)CC2)c1-c1nnn[nH]1. The quantitative estimate of drug-likeness (QED) is 0.229. The third-order valence-corrected chi connectivity index (χ3v) is 9.80. The van der Waals surface area contributed by atoms with Crippen molar-refractivity contribution in [2.24, 2.45) is 10.3 Å². The van der Waals surface area contributed by atoms with Gasteiger partial charge in [0.15, 0.2) is 16.6 Å². The minimum absolute atomic E-state index is 0.0375. The van der Waals surface area contributed by atoms with Gasteiger partial charge in [-0.3, -0.25) is 5.32 Å². The number of hydrogen-bond acceptors (Lipinski definition) is 11. The fourth-order valence-electron chi connectivity index (χ4n) is 4.30. The van der Waals surface area contributed by atoms with Crippen molar-refractivity contribution in [1.29, 1.82) is 0 Å². The Labute approximate surface area is 200 Å². The summed E-state index contributed by atoms with van der Waals surface area (Å²) < 4.78 is 62.2. The highest BCUT2D eigenvalue weighted by Gasteiger charge is 2.35. The Bertz CT molecular complexity index is 1210. The van der Waals surface area contributed by atoms with Crippen LogP contribution in [0.3, 0.4) is 0 Å². The summed E-state index contributed by atoms with van der Waals surface area (Å²) in [5.41, 5.74) is 0.527. The number of tetrazole rings is 1. The number of aromatic amines is 1. The summed E-state index contributed by atoms with van der Waals surface area (Å²) in [5.74, 6) is 0.0848. The van der Waals surface area contributed by atoms with Crippen LogP contribution < -0.4 is 25.8 Å². The van der Waals surface area contributed by atoms with Crippen LogP contribution in [0, 0.1) is 0 Å². The van der Waals surface area contributed by atoms with E-state index in [0.29, 0.717) is 18.8 Å². The van der Waals surface area contributed by atoms with Gasteiger partial charge in [-0.2, -0.15) is 0 Å². The summed E-state index contributed by atoms with van der Waals surface area (Å²) in [5, 5.41) is 30.1. The smallest absolute Gasteiger partial charge is 0.243 e. The highest BCUT2D eigenvalue weighted by atomic mass is 32.2. The van der Waals surface area contributed by atoms with Crippen molar-refractivity contribution in [2.45, 2.75) is 40.3 Å². The van der Waals surface area contributed by atoms with Crippen LogP contribution in [0.4, 0.5) is 5.69 Å². The van der Waals surface area contributed by atoms with Gasteiger partial charge in [0, 0.05) is 42.5 Å². The molecular formula is C17H27N9O5S3. The van der Waals surface area contributed by atoms with Gasteiger partial charge in [0.2, 0.25) is 20.0 Å². The third kappa shape index (κ3) is 5.51. The zero-order valence-electron chi connectivity index (χ0n) is 18.2. The van der Waals surface area contributed by atoms with Crippen molar-refractivity contribution in [2.75, 3.05) is 37.0 Å². The highest BCUT2D eigenvalue weighted by Crippen LogP contribution is 2.39. The molecule has 2 atom stereocenters.